The van der Waals surface area contributed by atoms with E-state index < -0.39 is 0 Å². The molecular weight excluding hydrogens is 276 g/mol. The Balaban J connectivity index is 1.52. The van der Waals surface area contributed by atoms with Gasteiger partial charge < -0.3 is 9.72 Å². The SMILES string of the molecule is N#Cc1c(CN[C@@H]2CCc3ncnn3C2)cn2ccccc12. The molecule has 22 heavy (non-hydrogen) atoms. The lowest BCUT2D eigenvalue weighted by Gasteiger charge is -2.23. The van der Waals surface area contributed by atoms with Crippen LogP contribution in [0.1, 0.15) is 23.4 Å². The van der Waals surface area contributed by atoms with Crippen LogP contribution in [-0.4, -0.2) is 25.2 Å². The van der Waals surface area contributed by atoms with Gasteiger partial charge in [0.25, 0.3) is 0 Å². The van der Waals surface area contributed by atoms with E-state index in [0.717, 1.165) is 41.9 Å². The number of hydrogen-bond acceptors (Lipinski definition) is 4. The molecule has 0 bridgehead atoms. The van der Waals surface area contributed by atoms with Crippen LogP contribution in [-0.2, 0) is 19.5 Å². The molecule has 1 atom stereocenters. The van der Waals surface area contributed by atoms with Gasteiger partial charge >= 0.3 is 0 Å². The van der Waals surface area contributed by atoms with Crippen molar-refractivity contribution in [2.45, 2.75) is 32.0 Å². The molecule has 0 saturated carbocycles. The number of nitrogens with zero attached hydrogens (tertiary/aromatic N) is 5. The van der Waals surface area contributed by atoms with E-state index in [9.17, 15) is 5.26 Å². The molecule has 0 aromatic carbocycles. The molecule has 0 amide bonds. The van der Waals surface area contributed by atoms with Gasteiger partial charge in [0.1, 0.15) is 18.2 Å². The van der Waals surface area contributed by atoms with Crippen molar-refractivity contribution in [2.75, 3.05) is 0 Å². The molecule has 1 aliphatic heterocycles. The van der Waals surface area contributed by atoms with Crippen LogP contribution in [0.5, 0.6) is 0 Å². The summed E-state index contributed by atoms with van der Waals surface area (Å²) in [6.45, 7) is 1.53. The molecule has 0 unspecified atom stereocenters. The highest BCUT2D eigenvalue weighted by atomic mass is 15.3. The zero-order valence-corrected chi connectivity index (χ0v) is 12.1. The molecule has 0 saturated heterocycles. The average Bonchev–Trinajstić information content (AvgIpc) is 3.15. The average molecular weight is 292 g/mol. The first kappa shape index (κ1) is 13.0. The molecule has 3 aromatic rings. The molecule has 1 aliphatic rings. The normalized spacial score (nSPS) is 17.3. The van der Waals surface area contributed by atoms with Crippen LogP contribution in [0.3, 0.4) is 0 Å². The van der Waals surface area contributed by atoms with Crippen molar-refractivity contribution >= 4 is 5.52 Å². The van der Waals surface area contributed by atoms with Crippen LogP contribution in [0.25, 0.3) is 5.52 Å². The molecule has 3 aromatic heterocycles. The van der Waals surface area contributed by atoms with Crippen molar-refractivity contribution in [1.29, 1.82) is 5.26 Å². The Morgan fingerprint density at radius 2 is 2.36 bits per heavy atom. The lowest BCUT2D eigenvalue weighted by molar-refractivity contribution is 0.358. The summed E-state index contributed by atoms with van der Waals surface area (Å²) in [5.41, 5.74) is 2.76. The third kappa shape index (κ3) is 2.16. The van der Waals surface area contributed by atoms with Crippen LogP contribution in [0.2, 0.25) is 0 Å². The fourth-order valence-electron chi connectivity index (χ4n) is 3.10. The Morgan fingerprint density at radius 1 is 1.41 bits per heavy atom. The Kier molecular flexibility index (Phi) is 3.13. The number of hydrogen-bond donors (Lipinski definition) is 1. The van der Waals surface area contributed by atoms with Gasteiger partial charge in [-0.2, -0.15) is 10.4 Å². The minimum absolute atomic E-state index is 0.365. The molecule has 6 heteroatoms. The number of aryl methyl sites for hydroxylation is 1. The third-order valence-electron chi connectivity index (χ3n) is 4.26. The highest BCUT2D eigenvalue weighted by Gasteiger charge is 2.20. The third-order valence-corrected chi connectivity index (χ3v) is 4.26. The van der Waals surface area contributed by atoms with Gasteiger partial charge in [-0.25, -0.2) is 9.67 Å². The second-order valence-electron chi connectivity index (χ2n) is 5.61. The first-order chi connectivity index (χ1) is 10.8. The molecule has 110 valence electrons. The summed E-state index contributed by atoms with van der Waals surface area (Å²) in [5, 5.41) is 17.2. The Morgan fingerprint density at radius 3 is 3.27 bits per heavy atom. The van der Waals surface area contributed by atoms with E-state index in [2.05, 4.69) is 21.5 Å². The summed E-state index contributed by atoms with van der Waals surface area (Å²) >= 11 is 0. The van der Waals surface area contributed by atoms with E-state index in [1.54, 1.807) is 6.33 Å². The minimum atomic E-state index is 0.365. The molecule has 0 radical (unpaired) electrons. The van der Waals surface area contributed by atoms with Crippen molar-refractivity contribution in [3.05, 3.63) is 53.9 Å². The Labute approximate surface area is 128 Å². The number of rotatable bonds is 3. The fourth-order valence-corrected chi connectivity index (χ4v) is 3.10. The number of nitrogens with one attached hydrogen (secondary N) is 1. The summed E-state index contributed by atoms with van der Waals surface area (Å²) in [6.07, 6.45) is 7.62. The summed E-state index contributed by atoms with van der Waals surface area (Å²) in [6, 6.07) is 8.60. The van der Waals surface area contributed by atoms with Gasteiger partial charge in [-0.1, -0.05) is 6.07 Å². The quantitative estimate of drug-likeness (QED) is 0.794. The summed E-state index contributed by atoms with van der Waals surface area (Å²) in [7, 11) is 0. The summed E-state index contributed by atoms with van der Waals surface area (Å²) < 4.78 is 3.97. The fraction of sp³-hybridized carbons (Fsp3) is 0.312. The Bertz CT molecular complexity index is 853. The van der Waals surface area contributed by atoms with E-state index in [1.807, 2.05) is 39.7 Å². The van der Waals surface area contributed by atoms with E-state index in [1.165, 1.54) is 0 Å². The lowest BCUT2D eigenvalue weighted by atomic mass is 10.1. The zero-order chi connectivity index (χ0) is 14.9. The first-order valence-electron chi connectivity index (χ1n) is 7.44. The first-order valence-corrected chi connectivity index (χ1v) is 7.44. The standard InChI is InChI=1S/C16H16N6/c17-7-14-12(9-21-6-2-1-3-15(14)21)8-18-13-4-5-16-19-11-20-22(16)10-13/h1-3,6,9,11,13,18H,4-5,8,10H2/t13-/m1/s1. The monoisotopic (exact) mass is 292 g/mol. The molecule has 1 N–H and O–H groups in total. The van der Waals surface area contributed by atoms with Crippen molar-refractivity contribution in [1.82, 2.24) is 24.5 Å². The molecule has 6 nitrogen and oxygen atoms in total. The van der Waals surface area contributed by atoms with Gasteiger partial charge in [-0.3, -0.25) is 0 Å². The van der Waals surface area contributed by atoms with E-state index in [4.69, 9.17) is 0 Å². The Hall–Kier alpha value is -2.65. The van der Waals surface area contributed by atoms with Crippen molar-refractivity contribution in [3.63, 3.8) is 0 Å². The van der Waals surface area contributed by atoms with E-state index >= 15 is 0 Å². The molecule has 0 aliphatic carbocycles. The number of aromatic nitrogens is 4. The summed E-state index contributed by atoms with van der Waals surface area (Å²) in [5.74, 6) is 1.06. The smallest absolute Gasteiger partial charge is 0.138 e. The highest BCUT2D eigenvalue weighted by Crippen LogP contribution is 2.18. The van der Waals surface area contributed by atoms with E-state index in [-0.39, 0.29) is 0 Å². The lowest BCUT2D eigenvalue weighted by Crippen LogP contribution is -2.37. The van der Waals surface area contributed by atoms with Gasteiger partial charge in [0, 0.05) is 37.0 Å². The zero-order valence-electron chi connectivity index (χ0n) is 12.1. The van der Waals surface area contributed by atoms with Crippen LogP contribution >= 0.6 is 0 Å². The van der Waals surface area contributed by atoms with Crippen LogP contribution in [0, 0.1) is 11.3 Å². The number of fused-ring (bicyclic) bond motifs is 2. The van der Waals surface area contributed by atoms with Gasteiger partial charge in [-0.15, -0.1) is 0 Å². The van der Waals surface area contributed by atoms with Gasteiger partial charge in [0.2, 0.25) is 0 Å². The second kappa shape index (κ2) is 5.28. The second-order valence-corrected chi connectivity index (χ2v) is 5.61. The largest absolute Gasteiger partial charge is 0.322 e. The molecule has 0 fully saturated rings. The van der Waals surface area contributed by atoms with Gasteiger partial charge in [-0.05, 0) is 18.6 Å². The predicted octanol–water partition coefficient (Wildman–Crippen LogP) is 1.51. The number of pyridine rings is 1. The van der Waals surface area contributed by atoms with Gasteiger partial charge in [0.05, 0.1) is 17.6 Å². The van der Waals surface area contributed by atoms with E-state index in [0.29, 0.717) is 12.6 Å². The molecule has 0 spiro atoms. The van der Waals surface area contributed by atoms with Gasteiger partial charge in [0.15, 0.2) is 0 Å². The molecule has 4 heterocycles. The topological polar surface area (TPSA) is 70.9 Å². The summed E-state index contributed by atoms with van der Waals surface area (Å²) in [4.78, 5) is 4.24. The maximum absolute atomic E-state index is 9.43. The van der Waals surface area contributed by atoms with Crippen LogP contribution < -0.4 is 5.32 Å². The number of nitriles is 1. The maximum atomic E-state index is 9.43. The van der Waals surface area contributed by atoms with Crippen LogP contribution in [0.15, 0.2) is 36.9 Å². The van der Waals surface area contributed by atoms with Crippen LogP contribution in [0.4, 0.5) is 0 Å². The maximum Gasteiger partial charge on any atom is 0.138 e. The highest BCUT2D eigenvalue weighted by molar-refractivity contribution is 5.65. The predicted molar refractivity (Wildman–Crippen MR) is 81.1 cm³/mol. The van der Waals surface area contributed by atoms with Crippen molar-refractivity contribution in [2.24, 2.45) is 0 Å². The minimum Gasteiger partial charge on any atom is -0.322 e. The van der Waals surface area contributed by atoms with Crippen molar-refractivity contribution in [3.8, 4) is 6.07 Å². The van der Waals surface area contributed by atoms with Crippen molar-refractivity contribution < 1.29 is 0 Å². The molecular formula is C16H16N6. The molecule has 4 rings (SSSR count).